The van der Waals surface area contributed by atoms with E-state index in [9.17, 15) is 9.50 Å². The van der Waals surface area contributed by atoms with Crippen LogP contribution in [0.4, 0.5) is 10.2 Å². The van der Waals surface area contributed by atoms with Crippen LogP contribution in [0.3, 0.4) is 0 Å². The average molecular weight is 224 g/mol. The molecule has 0 amide bonds. The van der Waals surface area contributed by atoms with Gasteiger partial charge in [0.1, 0.15) is 0 Å². The summed E-state index contributed by atoms with van der Waals surface area (Å²) in [6.07, 6.45) is 5.40. The van der Waals surface area contributed by atoms with Crippen molar-refractivity contribution in [1.29, 1.82) is 0 Å². The zero-order valence-electron chi connectivity index (χ0n) is 9.19. The van der Waals surface area contributed by atoms with Gasteiger partial charge >= 0.3 is 0 Å². The number of rotatable bonds is 3. The predicted octanol–water partition coefficient (Wildman–Crippen LogP) is 2.18. The molecule has 2 rings (SSSR count). The molecule has 1 aromatic heterocycles. The highest BCUT2D eigenvalue weighted by Crippen LogP contribution is 2.24. The highest BCUT2D eigenvalue weighted by Gasteiger charge is 2.22. The van der Waals surface area contributed by atoms with E-state index in [1.54, 1.807) is 12.3 Å². The van der Waals surface area contributed by atoms with Crippen LogP contribution in [0.5, 0.6) is 0 Å². The molecule has 1 aliphatic rings. The van der Waals surface area contributed by atoms with Gasteiger partial charge in [0.05, 0.1) is 6.10 Å². The van der Waals surface area contributed by atoms with Crippen molar-refractivity contribution in [3.63, 3.8) is 0 Å². The second-order valence-electron chi connectivity index (χ2n) is 4.33. The molecule has 0 aliphatic heterocycles. The van der Waals surface area contributed by atoms with Gasteiger partial charge in [0.25, 0.3) is 0 Å². The molecular formula is C12H17FN2O. The van der Waals surface area contributed by atoms with Gasteiger partial charge in [-0.15, -0.1) is 0 Å². The molecule has 0 saturated heterocycles. The minimum absolute atomic E-state index is 0.218. The Hall–Kier alpha value is -1.16. The van der Waals surface area contributed by atoms with Crippen LogP contribution in [0, 0.1) is 11.7 Å². The topological polar surface area (TPSA) is 45.1 Å². The highest BCUT2D eigenvalue weighted by atomic mass is 19.1. The molecule has 1 aromatic rings. The van der Waals surface area contributed by atoms with E-state index in [2.05, 4.69) is 10.3 Å². The smallest absolute Gasteiger partial charge is 0.165 e. The third kappa shape index (κ3) is 2.70. The maximum Gasteiger partial charge on any atom is 0.165 e. The van der Waals surface area contributed by atoms with Gasteiger partial charge in [-0.3, -0.25) is 0 Å². The van der Waals surface area contributed by atoms with Crippen LogP contribution in [-0.2, 0) is 0 Å². The molecule has 1 heterocycles. The van der Waals surface area contributed by atoms with Crippen LogP contribution in [-0.4, -0.2) is 22.7 Å². The van der Waals surface area contributed by atoms with Crippen molar-refractivity contribution in [2.45, 2.75) is 31.8 Å². The van der Waals surface area contributed by atoms with Crippen molar-refractivity contribution in [3.05, 3.63) is 24.1 Å². The maximum atomic E-state index is 13.3. The quantitative estimate of drug-likeness (QED) is 0.827. The maximum absolute atomic E-state index is 13.3. The lowest BCUT2D eigenvalue weighted by Crippen LogP contribution is -2.30. The number of nitrogens with one attached hydrogen (secondary N) is 1. The number of aliphatic hydroxyl groups excluding tert-OH is 1. The third-order valence-electron chi connectivity index (χ3n) is 3.16. The number of aliphatic hydroxyl groups is 1. The van der Waals surface area contributed by atoms with Crippen LogP contribution < -0.4 is 5.32 Å². The normalized spacial score (nSPS) is 25.4. The Labute approximate surface area is 94.7 Å². The minimum Gasteiger partial charge on any atom is -0.393 e. The number of hydrogen-bond donors (Lipinski definition) is 2. The van der Waals surface area contributed by atoms with Gasteiger partial charge in [0.2, 0.25) is 0 Å². The Bertz CT molecular complexity index is 346. The van der Waals surface area contributed by atoms with Crippen molar-refractivity contribution in [2.24, 2.45) is 5.92 Å². The molecule has 0 radical (unpaired) electrons. The summed E-state index contributed by atoms with van der Waals surface area (Å²) in [6.45, 7) is 0.592. The molecule has 2 atom stereocenters. The second kappa shape index (κ2) is 5.25. The fourth-order valence-corrected chi connectivity index (χ4v) is 2.17. The number of pyridine rings is 1. The molecule has 2 unspecified atom stereocenters. The molecule has 0 bridgehead atoms. The zero-order valence-corrected chi connectivity index (χ0v) is 9.19. The first-order valence-corrected chi connectivity index (χ1v) is 5.80. The van der Waals surface area contributed by atoms with E-state index in [0.717, 1.165) is 25.7 Å². The summed E-state index contributed by atoms with van der Waals surface area (Å²) in [4.78, 5) is 3.92. The van der Waals surface area contributed by atoms with Gasteiger partial charge in [-0.1, -0.05) is 12.8 Å². The van der Waals surface area contributed by atoms with Crippen molar-refractivity contribution < 1.29 is 9.50 Å². The number of halogens is 1. The summed E-state index contributed by atoms with van der Waals surface area (Å²) >= 11 is 0. The average Bonchev–Trinajstić information content (AvgIpc) is 2.30. The first-order valence-electron chi connectivity index (χ1n) is 5.80. The van der Waals surface area contributed by atoms with Crippen LogP contribution >= 0.6 is 0 Å². The molecule has 0 spiro atoms. The largest absolute Gasteiger partial charge is 0.393 e. The fourth-order valence-electron chi connectivity index (χ4n) is 2.17. The molecule has 1 fully saturated rings. The van der Waals surface area contributed by atoms with E-state index < -0.39 is 0 Å². The van der Waals surface area contributed by atoms with Crippen molar-refractivity contribution in [3.8, 4) is 0 Å². The minimum atomic E-state index is -0.340. The third-order valence-corrected chi connectivity index (χ3v) is 3.16. The van der Waals surface area contributed by atoms with E-state index in [0.29, 0.717) is 6.54 Å². The lowest BCUT2D eigenvalue weighted by molar-refractivity contribution is 0.0762. The van der Waals surface area contributed by atoms with Crippen molar-refractivity contribution >= 4 is 5.82 Å². The lowest BCUT2D eigenvalue weighted by atomic mass is 9.86. The van der Waals surface area contributed by atoms with E-state index in [1.165, 1.54) is 6.07 Å². The molecule has 0 aromatic carbocycles. The molecule has 88 valence electrons. The molecule has 4 heteroatoms. The molecule has 1 saturated carbocycles. The second-order valence-corrected chi connectivity index (χ2v) is 4.33. The van der Waals surface area contributed by atoms with Crippen LogP contribution in [0.1, 0.15) is 25.7 Å². The van der Waals surface area contributed by atoms with Gasteiger partial charge < -0.3 is 10.4 Å². The summed E-state index contributed by atoms with van der Waals surface area (Å²) in [6, 6.07) is 2.95. The van der Waals surface area contributed by atoms with E-state index in [4.69, 9.17) is 0 Å². The Morgan fingerprint density at radius 3 is 3.00 bits per heavy atom. The van der Waals surface area contributed by atoms with Gasteiger partial charge in [-0.2, -0.15) is 0 Å². The predicted molar refractivity (Wildman–Crippen MR) is 60.6 cm³/mol. The first-order chi connectivity index (χ1) is 7.77. The van der Waals surface area contributed by atoms with E-state index in [-0.39, 0.29) is 23.7 Å². The van der Waals surface area contributed by atoms with Crippen molar-refractivity contribution in [1.82, 2.24) is 4.98 Å². The Morgan fingerprint density at radius 1 is 1.44 bits per heavy atom. The standard InChI is InChI=1S/C12H17FN2O/c13-10-5-3-7-14-12(10)15-8-9-4-1-2-6-11(9)16/h3,5,7,9,11,16H,1-2,4,6,8H2,(H,14,15). The summed E-state index contributed by atoms with van der Waals surface area (Å²) in [7, 11) is 0. The van der Waals surface area contributed by atoms with Gasteiger partial charge in [-0.25, -0.2) is 9.37 Å². The first kappa shape index (κ1) is 11.3. The number of anilines is 1. The molecule has 16 heavy (non-hydrogen) atoms. The van der Waals surface area contributed by atoms with Gasteiger partial charge in [0.15, 0.2) is 11.6 Å². The Balaban J connectivity index is 1.89. The summed E-state index contributed by atoms with van der Waals surface area (Å²) in [5.74, 6) is 0.156. The number of hydrogen-bond acceptors (Lipinski definition) is 3. The Kier molecular flexibility index (Phi) is 3.72. The summed E-state index contributed by atoms with van der Waals surface area (Å²) in [5.41, 5.74) is 0. The summed E-state index contributed by atoms with van der Waals surface area (Å²) in [5, 5.41) is 12.7. The SMILES string of the molecule is OC1CCCCC1CNc1ncccc1F. The summed E-state index contributed by atoms with van der Waals surface area (Å²) < 4.78 is 13.3. The lowest BCUT2D eigenvalue weighted by Gasteiger charge is -2.27. The molecule has 3 nitrogen and oxygen atoms in total. The van der Waals surface area contributed by atoms with Crippen LogP contribution in [0.15, 0.2) is 18.3 Å². The van der Waals surface area contributed by atoms with E-state index in [1.807, 2.05) is 0 Å². The number of aromatic nitrogens is 1. The molecule has 2 N–H and O–H groups in total. The van der Waals surface area contributed by atoms with Crippen LogP contribution in [0.25, 0.3) is 0 Å². The molecule has 1 aliphatic carbocycles. The van der Waals surface area contributed by atoms with Crippen LogP contribution in [0.2, 0.25) is 0 Å². The van der Waals surface area contributed by atoms with E-state index >= 15 is 0 Å². The van der Waals surface area contributed by atoms with Gasteiger partial charge in [0, 0.05) is 18.7 Å². The zero-order chi connectivity index (χ0) is 11.4. The number of nitrogens with zero attached hydrogens (tertiary/aromatic N) is 1. The van der Waals surface area contributed by atoms with Gasteiger partial charge in [-0.05, 0) is 25.0 Å². The van der Waals surface area contributed by atoms with Crippen molar-refractivity contribution in [2.75, 3.05) is 11.9 Å². The Morgan fingerprint density at radius 2 is 2.25 bits per heavy atom. The fraction of sp³-hybridized carbons (Fsp3) is 0.583. The molecular weight excluding hydrogens is 207 g/mol. The highest BCUT2D eigenvalue weighted by molar-refractivity contribution is 5.35. The monoisotopic (exact) mass is 224 g/mol.